The first-order valence-corrected chi connectivity index (χ1v) is 5.89. The highest BCUT2D eigenvalue weighted by Crippen LogP contribution is 2.13. The summed E-state index contributed by atoms with van der Waals surface area (Å²) < 4.78 is 18.4. The SMILES string of the molecule is NC(=O)c1ccccc1COC(=O)c1ccccc1F. The normalized spacial score (nSPS) is 10.1. The number of amides is 1. The summed E-state index contributed by atoms with van der Waals surface area (Å²) in [7, 11) is 0. The van der Waals surface area contributed by atoms with Crippen molar-refractivity contribution in [2.75, 3.05) is 0 Å². The summed E-state index contributed by atoms with van der Waals surface area (Å²) in [6, 6.07) is 12.0. The topological polar surface area (TPSA) is 69.4 Å². The predicted molar refractivity (Wildman–Crippen MR) is 70.5 cm³/mol. The third-order valence-corrected chi connectivity index (χ3v) is 2.74. The van der Waals surface area contributed by atoms with Crippen LogP contribution in [0.5, 0.6) is 0 Å². The summed E-state index contributed by atoms with van der Waals surface area (Å²) in [6.07, 6.45) is 0. The molecule has 1 amide bonds. The number of carbonyl (C=O) groups excluding carboxylic acids is 2. The molecule has 0 bridgehead atoms. The lowest BCUT2D eigenvalue weighted by molar-refractivity contribution is 0.0465. The van der Waals surface area contributed by atoms with Gasteiger partial charge in [-0.25, -0.2) is 9.18 Å². The average Bonchev–Trinajstić information content (AvgIpc) is 2.45. The van der Waals surface area contributed by atoms with E-state index in [2.05, 4.69) is 0 Å². The minimum Gasteiger partial charge on any atom is -0.457 e. The van der Waals surface area contributed by atoms with Gasteiger partial charge in [-0.3, -0.25) is 4.79 Å². The minimum atomic E-state index is -0.789. The number of carbonyl (C=O) groups is 2. The van der Waals surface area contributed by atoms with Crippen LogP contribution < -0.4 is 5.73 Å². The number of benzene rings is 2. The molecule has 102 valence electrons. The van der Waals surface area contributed by atoms with Crippen LogP contribution in [0.15, 0.2) is 48.5 Å². The summed E-state index contributed by atoms with van der Waals surface area (Å²) >= 11 is 0. The molecule has 2 rings (SSSR count). The van der Waals surface area contributed by atoms with Crippen molar-refractivity contribution in [2.24, 2.45) is 5.73 Å². The largest absolute Gasteiger partial charge is 0.457 e. The fourth-order valence-corrected chi connectivity index (χ4v) is 1.73. The van der Waals surface area contributed by atoms with Crippen molar-refractivity contribution >= 4 is 11.9 Å². The summed E-state index contributed by atoms with van der Waals surface area (Å²) in [4.78, 5) is 23.0. The molecule has 0 aliphatic carbocycles. The molecule has 0 fully saturated rings. The second-order valence-electron chi connectivity index (χ2n) is 4.08. The lowest BCUT2D eigenvalue weighted by Crippen LogP contribution is -2.15. The second-order valence-corrected chi connectivity index (χ2v) is 4.08. The van der Waals surface area contributed by atoms with Crippen LogP contribution in [0.25, 0.3) is 0 Å². The van der Waals surface area contributed by atoms with E-state index in [1.165, 1.54) is 30.3 Å². The van der Waals surface area contributed by atoms with Gasteiger partial charge in [-0.05, 0) is 18.2 Å². The number of ether oxygens (including phenoxy) is 1. The zero-order valence-electron chi connectivity index (χ0n) is 10.5. The van der Waals surface area contributed by atoms with E-state index in [4.69, 9.17) is 10.5 Å². The van der Waals surface area contributed by atoms with E-state index in [-0.39, 0.29) is 17.7 Å². The molecule has 0 aliphatic heterocycles. The van der Waals surface area contributed by atoms with Crippen molar-refractivity contribution in [2.45, 2.75) is 6.61 Å². The Morgan fingerprint density at radius 1 is 1.00 bits per heavy atom. The van der Waals surface area contributed by atoms with E-state index in [0.29, 0.717) is 5.56 Å². The van der Waals surface area contributed by atoms with E-state index in [1.807, 2.05) is 0 Å². The van der Waals surface area contributed by atoms with Crippen molar-refractivity contribution in [3.63, 3.8) is 0 Å². The Balaban J connectivity index is 2.12. The Morgan fingerprint density at radius 3 is 2.25 bits per heavy atom. The second kappa shape index (κ2) is 5.97. The molecule has 0 unspecified atom stereocenters. The number of rotatable bonds is 4. The van der Waals surface area contributed by atoms with E-state index < -0.39 is 17.7 Å². The molecule has 0 spiro atoms. The molecule has 2 aromatic rings. The maximum atomic E-state index is 13.4. The maximum Gasteiger partial charge on any atom is 0.341 e. The van der Waals surface area contributed by atoms with Crippen molar-refractivity contribution < 1.29 is 18.7 Å². The van der Waals surface area contributed by atoms with Gasteiger partial charge in [0.2, 0.25) is 5.91 Å². The van der Waals surface area contributed by atoms with E-state index in [9.17, 15) is 14.0 Å². The van der Waals surface area contributed by atoms with Crippen LogP contribution in [0.3, 0.4) is 0 Å². The van der Waals surface area contributed by atoms with Gasteiger partial charge in [-0.1, -0.05) is 30.3 Å². The summed E-state index contributed by atoms with van der Waals surface area (Å²) in [5.74, 6) is -2.05. The van der Waals surface area contributed by atoms with Gasteiger partial charge < -0.3 is 10.5 Å². The van der Waals surface area contributed by atoms with E-state index in [1.54, 1.807) is 18.2 Å². The molecule has 0 radical (unpaired) electrons. The van der Waals surface area contributed by atoms with Crippen molar-refractivity contribution in [3.8, 4) is 0 Å². The Morgan fingerprint density at radius 2 is 1.60 bits per heavy atom. The molecular formula is C15H12FNO3. The molecule has 0 saturated carbocycles. The van der Waals surface area contributed by atoms with Crippen molar-refractivity contribution in [1.29, 1.82) is 0 Å². The smallest absolute Gasteiger partial charge is 0.341 e. The Hall–Kier alpha value is -2.69. The van der Waals surface area contributed by atoms with Crippen LogP contribution in [0.2, 0.25) is 0 Å². The summed E-state index contributed by atoms with van der Waals surface area (Å²) in [5.41, 5.74) is 5.82. The lowest BCUT2D eigenvalue weighted by atomic mass is 10.1. The van der Waals surface area contributed by atoms with Gasteiger partial charge in [0.05, 0.1) is 5.56 Å². The molecule has 0 saturated heterocycles. The first-order chi connectivity index (χ1) is 9.59. The molecular weight excluding hydrogens is 261 g/mol. The van der Waals surface area contributed by atoms with Gasteiger partial charge in [0.15, 0.2) is 0 Å². The van der Waals surface area contributed by atoms with E-state index in [0.717, 1.165) is 0 Å². The molecule has 5 heteroatoms. The van der Waals surface area contributed by atoms with Crippen LogP contribution in [0.4, 0.5) is 4.39 Å². The van der Waals surface area contributed by atoms with Crippen molar-refractivity contribution in [1.82, 2.24) is 0 Å². The van der Waals surface area contributed by atoms with Crippen molar-refractivity contribution in [3.05, 3.63) is 71.0 Å². The third kappa shape index (κ3) is 3.00. The number of hydrogen-bond donors (Lipinski definition) is 1. The molecule has 0 atom stereocenters. The van der Waals surface area contributed by atoms with Gasteiger partial charge in [-0.15, -0.1) is 0 Å². The number of halogens is 1. The van der Waals surface area contributed by atoms with Gasteiger partial charge in [0.1, 0.15) is 12.4 Å². The minimum absolute atomic E-state index is 0.147. The first kappa shape index (κ1) is 13.7. The highest BCUT2D eigenvalue weighted by Gasteiger charge is 2.14. The molecule has 20 heavy (non-hydrogen) atoms. The molecule has 2 aromatic carbocycles. The molecule has 2 N–H and O–H groups in total. The Bertz CT molecular complexity index is 655. The average molecular weight is 273 g/mol. The number of hydrogen-bond acceptors (Lipinski definition) is 3. The zero-order chi connectivity index (χ0) is 14.5. The first-order valence-electron chi connectivity index (χ1n) is 5.89. The molecule has 0 heterocycles. The Labute approximate surface area is 115 Å². The van der Waals surface area contributed by atoms with Gasteiger partial charge in [-0.2, -0.15) is 0 Å². The molecule has 0 aliphatic rings. The fraction of sp³-hybridized carbons (Fsp3) is 0.0667. The lowest BCUT2D eigenvalue weighted by Gasteiger charge is -2.08. The number of nitrogens with two attached hydrogens (primary N) is 1. The van der Waals surface area contributed by atoms with Gasteiger partial charge >= 0.3 is 5.97 Å². The maximum absolute atomic E-state index is 13.4. The monoisotopic (exact) mass is 273 g/mol. The third-order valence-electron chi connectivity index (χ3n) is 2.74. The number of primary amides is 1. The van der Waals surface area contributed by atoms with Crippen LogP contribution in [0.1, 0.15) is 26.3 Å². The molecule has 0 aromatic heterocycles. The summed E-state index contributed by atoms with van der Waals surface area (Å²) in [6.45, 7) is -0.147. The zero-order valence-corrected chi connectivity index (χ0v) is 10.5. The predicted octanol–water partition coefficient (Wildman–Crippen LogP) is 2.28. The fourth-order valence-electron chi connectivity index (χ4n) is 1.73. The van der Waals surface area contributed by atoms with Crippen LogP contribution in [0, 0.1) is 5.82 Å². The van der Waals surface area contributed by atoms with Crippen LogP contribution in [-0.4, -0.2) is 11.9 Å². The van der Waals surface area contributed by atoms with Crippen LogP contribution in [-0.2, 0) is 11.3 Å². The quantitative estimate of drug-likeness (QED) is 0.869. The van der Waals surface area contributed by atoms with Gasteiger partial charge in [0, 0.05) is 11.1 Å². The number of esters is 1. The highest BCUT2D eigenvalue weighted by molar-refractivity contribution is 5.94. The van der Waals surface area contributed by atoms with Gasteiger partial charge in [0.25, 0.3) is 0 Å². The highest BCUT2D eigenvalue weighted by atomic mass is 19.1. The molecule has 4 nitrogen and oxygen atoms in total. The standard InChI is InChI=1S/C15H12FNO3/c16-13-8-4-3-7-12(13)15(19)20-9-10-5-1-2-6-11(10)14(17)18/h1-8H,9H2,(H2,17,18). The summed E-state index contributed by atoms with van der Waals surface area (Å²) in [5, 5.41) is 0. The Kier molecular flexibility index (Phi) is 4.10. The van der Waals surface area contributed by atoms with E-state index >= 15 is 0 Å². The van der Waals surface area contributed by atoms with Crippen LogP contribution >= 0.6 is 0 Å².